The largest absolute Gasteiger partial charge is 0.493 e. The maximum Gasteiger partial charge on any atom is 0.185 e. The van der Waals surface area contributed by atoms with Crippen LogP contribution in [0.4, 0.5) is 0 Å². The van der Waals surface area contributed by atoms with Crippen molar-refractivity contribution >= 4 is 23.3 Å². The van der Waals surface area contributed by atoms with E-state index < -0.39 is 6.10 Å². The van der Waals surface area contributed by atoms with Crippen LogP contribution >= 0.6 is 11.6 Å². The van der Waals surface area contributed by atoms with Gasteiger partial charge in [0.25, 0.3) is 0 Å². The lowest BCUT2D eigenvalue weighted by molar-refractivity contribution is -0.126. The predicted octanol–water partition coefficient (Wildman–Crippen LogP) is 5.45. The second-order valence-electron chi connectivity index (χ2n) is 9.35. The van der Waals surface area contributed by atoms with Gasteiger partial charge in [0.2, 0.25) is 0 Å². The summed E-state index contributed by atoms with van der Waals surface area (Å²) in [4.78, 5) is 17.1. The number of halogens is 1. The SMILES string of the molecule is NC(N)=NCCc1ccc(OCCC2Oc3ccccc3C(CCc3cccc(Cl)c3)CCC2=O)cc1. The highest BCUT2D eigenvalue weighted by Gasteiger charge is 2.28. The molecule has 0 radical (unpaired) electrons. The van der Waals surface area contributed by atoms with E-state index in [1.165, 1.54) is 11.1 Å². The van der Waals surface area contributed by atoms with Gasteiger partial charge in [0.1, 0.15) is 11.5 Å². The highest BCUT2D eigenvalue weighted by Crippen LogP contribution is 2.36. The summed E-state index contributed by atoms with van der Waals surface area (Å²) in [6, 6.07) is 23.9. The Morgan fingerprint density at radius 2 is 1.78 bits per heavy atom. The Morgan fingerprint density at radius 1 is 0.973 bits per heavy atom. The average Bonchev–Trinajstić information content (AvgIpc) is 2.88. The molecule has 2 unspecified atom stereocenters. The summed E-state index contributed by atoms with van der Waals surface area (Å²) in [6.45, 7) is 0.941. The fourth-order valence-corrected chi connectivity index (χ4v) is 4.89. The second-order valence-corrected chi connectivity index (χ2v) is 9.79. The van der Waals surface area contributed by atoms with Crippen LogP contribution in [0.2, 0.25) is 5.02 Å². The van der Waals surface area contributed by atoms with Crippen molar-refractivity contribution in [2.75, 3.05) is 13.2 Å². The van der Waals surface area contributed by atoms with Crippen molar-refractivity contribution in [1.82, 2.24) is 0 Å². The molecule has 4 N–H and O–H groups in total. The van der Waals surface area contributed by atoms with E-state index in [1.54, 1.807) is 0 Å². The minimum atomic E-state index is -0.520. The summed E-state index contributed by atoms with van der Waals surface area (Å²) in [5.41, 5.74) is 14.2. The molecule has 0 saturated carbocycles. The average molecular weight is 520 g/mol. The van der Waals surface area contributed by atoms with Crippen LogP contribution in [0.1, 0.15) is 48.3 Å². The second kappa shape index (κ2) is 13.2. The Balaban J connectivity index is 1.33. The standard InChI is InChI=1S/C30H34ClN3O3/c31-24-5-3-4-22(20-24)8-11-23-12-15-27(35)29(37-28-7-2-1-6-26(23)28)17-19-36-25-13-9-21(10-14-25)16-18-34-30(32)33/h1-7,9-10,13-14,20,23,29H,8,11-12,15-19H2,(H4,32,33,34). The van der Waals surface area contributed by atoms with Gasteiger partial charge in [-0.25, -0.2) is 0 Å². The number of hydrogen-bond donors (Lipinski definition) is 2. The molecule has 0 aromatic heterocycles. The van der Waals surface area contributed by atoms with Gasteiger partial charge in [-0.3, -0.25) is 9.79 Å². The van der Waals surface area contributed by atoms with Gasteiger partial charge in [-0.1, -0.05) is 54.1 Å². The summed E-state index contributed by atoms with van der Waals surface area (Å²) in [5.74, 6) is 2.02. The fraction of sp³-hybridized carbons (Fsp3) is 0.333. The summed E-state index contributed by atoms with van der Waals surface area (Å²) >= 11 is 6.16. The Morgan fingerprint density at radius 3 is 2.57 bits per heavy atom. The van der Waals surface area contributed by atoms with E-state index in [0.717, 1.165) is 47.8 Å². The number of hydrogen-bond acceptors (Lipinski definition) is 4. The first-order chi connectivity index (χ1) is 18.0. The van der Waals surface area contributed by atoms with Crippen LogP contribution in [-0.4, -0.2) is 31.0 Å². The number of Topliss-reactive ketones (excluding diaryl/α,β-unsaturated/α-hetero) is 1. The Kier molecular flexibility index (Phi) is 9.44. The first-order valence-electron chi connectivity index (χ1n) is 12.8. The Hall–Kier alpha value is -3.51. The molecule has 4 rings (SSSR count). The van der Waals surface area contributed by atoms with Crippen LogP contribution in [0.5, 0.6) is 11.5 Å². The van der Waals surface area contributed by atoms with E-state index in [1.807, 2.05) is 60.7 Å². The molecule has 3 aromatic carbocycles. The molecule has 3 aromatic rings. The summed E-state index contributed by atoms with van der Waals surface area (Å²) in [7, 11) is 0. The van der Waals surface area contributed by atoms with Gasteiger partial charge in [0, 0.05) is 24.4 Å². The number of ether oxygens (including phenoxy) is 2. The van der Waals surface area contributed by atoms with Crippen LogP contribution in [-0.2, 0) is 17.6 Å². The molecular formula is C30H34ClN3O3. The Labute approximate surface area is 223 Å². The number of fused-ring (bicyclic) bond motifs is 1. The van der Waals surface area contributed by atoms with Crippen LogP contribution in [0.15, 0.2) is 77.8 Å². The van der Waals surface area contributed by atoms with Crippen molar-refractivity contribution in [1.29, 1.82) is 0 Å². The minimum Gasteiger partial charge on any atom is -0.493 e. The zero-order chi connectivity index (χ0) is 26.0. The highest BCUT2D eigenvalue weighted by atomic mass is 35.5. The lowest BCUT2D eigenvalue weighted by Crippen LogP contribution is -2.31. The van der Waals surface area contributed by atoms with Gasteiger partial charge in [-0.15, -0.1) is 0 Å². The van der Waals surface area contributed by atoms with E-state index in [4.69, 9.17) is 32.5 Å². The molecule has 0 spiro atoms. The predicted molar refractivity (Wildman–Crippen MR) is 149 cm³/mol. The summed E-state index contributed by atoms with van der Waals surface area (Å²) < 4.78 is 12.2. The molecule has 2 atom stereocenters. The first kappa shape index (κ1) is 26.6. The highest BCUT2D eigenvalue weighted by molar-refractivity contribution is 6.30. The number of para-hydroxylation sites is 1. The number of benzene rings is 3. The van der Waals surface area contributed by atoms with Crippen molar-refractivity contribution in [2.45, 2.75) is 50.5 Å². The zero-order valence-electron chi connectivity index (χ0n) is 20.9. The molecule has 194 valence electrons. The van der Waals surface area contributed by atoms with Gasteiger partial charge >= 0.3 is 0 Å². The van der Waals surface area contributed by atoms with Crippen molar-refractivity contribution in [3.05, 3.63) is 94.5 Å². The number of aliphatic imine (C=N–C) groups is 1. The van der Waals surface area contributed by atoms with Gasteiger partial charge in [-0.2, -0.15) is 0 Å². The molecule has 0 saturated heterocycles. The van der Waals surface area contributed by atoms with Crippen LogP contribution < -0.4 is 20.9 Å². The van der Waals surface area contributed by atoms with E-state index >= 15 is 0 Å². The third-order valence-electron chi connectivity index (χ3n) is 6.66. The summed E-state index contributed by atoms with van der Waals surface area (Å²) in [5, 5.41) is 0.748. The number of ketones is 1. The van der Waals surface area contributed by atoms with Gasteiger partial charge < -0.3 is 20.9 Å². The number of rotatable bonds is 10. The molecule has 0 aliphatic carbocycles. The Bertz CT molecular complexity index is 1210. The smallest absolute Gasteiger partial charge is 0.185 e. The first-order valence-corrected chi connectivity index (χ1v) is 13.2. The van der Waals surface area contributed by atoms with Gasteiger partial charge in [0.05, 0.1) is 6.61 Å². The number of carbonyl (C=O) groups excluding carboxylic acids is 1. The third-order valence-corrected chi connectivity index (χ3v) is 6.90. The molecule has 37 heavy (non-hydrogen) atoms. The van der Waals surface area contributed by atoms with Crippen LogP contribution in [0.3, 0.4) is 0 Å². The molecule has 6 nitrogen and oxygen atoms in total. The molecule has 0 amide bonds. The third kappa shape index (κ3) is 7.99. The minimum absolute atomic E-state index is 0.0987. The lowest BCUT2D eigenvalue weighted by atomic mass is 9.85. The molecule has 1 aliphatic heterocycles. The van der Waals surface area contributed by atoms with Crippen molar-refractivity contribution in [3.63, 3.8) is 0 Å². The van der Waals surface area contributed by atoms with Gasteiger partial charge in [0.15, 0.2) is 17.8 Å². The number of aryl methyl sites for hydroxylation is 1. The molecule has 7 heteroatoms. The maximum absolute atomic E-state index is 13.1. The number of carbonyl (C=O) groups is 1. The van der Waals surface area contributed by atoms with Crippen molar-refractivity contribution in [2.24, 2.45) is 16.5 Å². The van der Waals surface area contributed by atoms with Gasteiger partial charge in [-0.05, 0) is 78.6 Å². The fourth-order valence-electron chi connectivity index (χ4n) is 4.68. The van der Waals surface area contributed by atoms with E-state index in [9.17, 15) is 4.79 Å². The van der Waals surface area contributed by atoms with E-state index in [-0.39, 0.29) is 17.7 Å². The zero-order valence-corrected chi connectivity index (χ0v) is 21.7. The molecule has 1 aliphatic rings. The normalized spacial score (nSPS) is 17.2. The van der Waals surface area contributed by atoms with Crippen molar-refractivity contribution in [3.8, 4) is 11.5 Å². The number of nitrogens with zero attached hydrogens (tertiary/aromatic N) is 1. The quantitative estimate of drug-likeness (QED) is 0.274. The molecule has 0 fully saturated rings. The van der Waals surface area contributed by atoms with E-state index in [0.29, 0.717) is 26.0 Å². The lowest BCUT2D eigenvalue weighted by Gasteiger charge is -2.27. The molecule has 1 heterocycles. The monoisotopic (exact) mass is 519 g/mol. The van der Waals surface area contributed by atoms with Crippen molar-refractivity contribution < 1.29 is 14.3 Å². The number of guanidine groups is 1. The topological polar surface area (TPSA) is 99.9 Å². The maximum atomic E-state index is 13.1. The number of nitrogens with two attached hydrogens (primary N) is 2. The van der Waals surface area contributed by atoms with E-state index in [2.05, 4.69) is 17.1 Å². The molecule has 0 bridgehead atoms. The summed E-state index contributed by atoms with van der Waals surface area (Å²) in [6.07, 6.45) is 3.85. The molecular weight excluding hydrogens is 486 g/mol. The van der Waals surface area contributed by atoms with Crippen LogP contribution in [0, 0.1) is 0 Å². The van der Waals surface area contributed by atoms with Crippen LogP contribution in [0.25, 0.3) is 0 Å².